The number of nitrogens with zero attached hydrogens (tertiary/aromatic N) is 1. The third-order valence-electron chi connectivity index (χ3n) is 3.45. The van der Waals surface area contributed by atoms with E-state index >= 15 is 0 Å². The maximum absolute atomic E-state index is 5.78. The molecule has 1 aromatic heterocycles. The first-order valence-electron chi connectivity index (χ1n) is 5.89. The van der Waals surface area contributed by atoms with Crippen molar-refractivity contribution in [1.29, 1.82) is 0 Å². The predicted molar refractivity (Wildman–Crippen MR) is 69.0 cm³/mol. The number of pyridine rings is 1. The van der Waals surface area contributed by atoms with E-state index in [1.54, 1.807) is 6.20 Å². The van der Waals surface area contributed by atoms with E-state index in [4.69, 9.17) is 5.73 Å². The third kappa shape index (κ3) is 2.26. The zero-order chi connectivity index (χ0) is 11.8. The summed E-state index contributed by atoms with van der Waals surface area (Å²) in [4.78, 5) is 4.42. The van der Waals surface area contributed by atoms with Crippen molar-refractivity contribution < 1.29 is 0 Å². The van der Waals surface area contributed by atoms with E-state index in [2.05, 4.69) is 31.0 Å². The Morgan fingerprint density at radius 3 is 2.69 bits per heavy atom. The summed E-state index contributed by atoms with van der Waals surface area (Å²) in [7, 11) is 0. The van der Waals surface area contributed by atoms with Crippen LogP contribution in [0.25, 0.3) is 5.57 Å². The molecule has 0 saturated heterocycles. The van der Waals surface area contributed by atoms with Crippen molar-refractivity contribution in [2.45, 2.75) is 40.0 Å². The Balaban J connectivity index is 2.26. The monoisotopic (exact) mass is 216 g/mol. The number of hydrogen-bond acceptors (Lipinski definition) is 2. The Bertz CT molecular complexity index is 430. The lowest BCUT2D eigenvalue weighted by Gasteiger charge is -2.28. The molecule has 2 heteroatoms. The van der Waals surface area contributed by atoms with Crippen LogP contribution in [0.4, 0.5) is 5.69 Å². The molecule has 16 heavy (non-hydrogen) atoms. The molecule has 86 valence electrons. The van der Waals surface area contributed by atoms with E-state index in [9.17, 15) is 0 Å². The van der Waals surface area contributed by atoms with Gasteiger partial charge in [0.1, 0.15) is 0 Å². The van der Waals surface area contributed by atoms with Gasteiger partial charge >= 0.3 is 0 Å². The highest BCUT2D eigenvalue weighted by Gasteiger charge is 2.22. The quantitative estimate of drug-likeness (QED) is 0.779. The zero-order valence-electron chi connectivity index (χ0n) is 10.4. The highest BCUT2D eigenvalue weighted by molar-refractivity contribution is 5.65. The number of nitrogen functional groups attached to an aromatic ring is 1. The molecule has 0 unspecified atom stereocenters. The fraction of sp³-hybridized carbons (Fsp3) is 0.500. The molecule has 2 nitrogen and oxygen atoms in total. The maximum Gasteiger partial charge on any atom is 0.0662 e. The van der Waals surface area contributed by atoms with Crippen molar-refractivity contribution in [2.75, 3.05) is 5.73 Å². The number of aromatic nitrogens is 1. The highest BCUT2D eigenvalue weighted by Crippen LogP contribution is 2.37. The molecule has 0 spiro atoms. The molecule has 1 heterocycles. The van der Waals surface area contributed by atoms with Crippen molar-refractivity contribution in [1.82, 2.24) is 4.98 Å². The van der Waals surface area contributed by atoms with Gasteiger partial charge in [0.25, 0.3) is 0 Å². The first-order valence-corrected chi connectivity index (χ1v) is 5.89. The Hall–Kier alpha value is -1.31. The zero-order valence-corrected chi connectivity index (χ0v) is 10.4. The summed E-state index contributed by atoms with van der Waals surface area (Å²) >= 11 is 0. The van der Waals surface area contributed by atoms with E-state index in [0.29, 0.717) is 5.41 Å². The van der Waals surface area contributed by atoms with Crippen LogP contribution in [0.15, 0.2) is 18.3 Å². The summed E-state index contributed by atoms with van der Waals surface area (Å²) in [5.74, 6) is 0. The van der Waals surface area contributed by atoms with Crippen LogP contribution in [0.1, 0.15) is 44.4 Å². The van der Waals surface area contributed by atoms with Crippen molar-refractivity contribution in [3.8, 4) is 0 Å². The van der Waals surface area contributed by atoms with Gasteiger partial charge < -0.3 is 5.73 Å². The second-order valence-corrected chi connectivity index (χ2v) is 5.52. The molecule has 0 amide bonds. The highest BCUT2D eigenvalue weighted by atomic mass is 14.7. The SMILES string of the molecule is Cc1cc(C2=CCC(C)(C)CC2)ncc1N. The topological polar surface area (TPSA) is 38.9 Å². The van der Waals surface area contributed by atoms with E-state index in [1.807, 2.05) is 6.92 Å². The second-order valence-electron chi connectivity index (χ2n) is 5.52. The van der Waals surface area contributed by atoms with Gasteiger partial charge in [-0.1, -0.05) is 19.9 Å². The average Bonchev–Trinajstić information content (AvgIpc) is 2.22. The number of anilines is 1. The van der Waals surface area contributed by atoms with Crippen molar-refractivity contribution in [3.63, 3.8) is 0 Å². The van der Waals surface area contributed by atoms with Crippen LogP contribution < -0.4 is 5.73 Å². The number of rotatable bonds is 1. The fourth-order valence-electron chi connectivity index (χ4n) is 2.05. The van der Waals surface area contributed by atoms with E-state index in [0.717, 1.165) is 29.8 Å². The van der Waals surface area contributed by atoms with Crippen molar-refractivity contribution in [2.24, 2.45) is 5.41 Å². The molecule has 1 aliphatic rings. The molecule has 1 aromatic rings. The van der Waals surface area contributed by atoms with Crippen LogP contribution in [-0.2, 0) is 0 Å². The number of allylic oxidation sites excluding steroid dienone is 2. The lowest BCUT2D eigenvalue weighted by atomic mass is 9.77. The van der Waals surface area contributed by atoms with Gasteiger partial charge in [-0.3, -0.25) is 4.98 Å². The van der Waals surface area contributed by atoms with E-state index < -0.39 is 0 Å². The van der Waals surface area contributed by atoms with Gasteiger partial charge in [0.15, 0.2) is 0 Å². The van der Waals surface area contributed by atoms with E-state index in [1.165, 1.54) is 12.0 Å². The molecular formula is C14H20N2. The molecule has 1 aliphatic carbocycles. The Labute approximate surface area is 97.6 Å². The number of hydrogen-bond donors (Lipinski definition) is 1. The van der Waals surface area contributed by atoms with Crippen LogP contribution in [0.2, 0.25) is 0 Å². The Kier molecular flexibility index (Phi) is 2.75. The van der Waals surface area contributed by atoms with Crippen LogP contribution in [0.5, 0.6) is 0 Å². The van der Waals surface area contributed by atoms with Crippen molar-refractivity contribution >= 4 is 11.3 Å². The molecule has 0 saturated carbocycles. The molecule has 0 fully saturated rings. The standard InChI is InChI=1S/C14H20N2/c1-10-8-13(16-9-12(10)15)11-4-6-14(2,3)7-5-11/h4,8-9H,5-7,15H2,1-3H3. The van der Waals surface area contributed by atoms with Crippen LogP contribution in [0.3, 0.4) is 0 Å². The maximum atomic E-state index is 5.78. The average molecular weight is 216 g/mol. The lowest BCUT2D eigenvalue weighted by molar-refractivity contribution is 0.334. The molecule has 0 radical (unpaired) electrons. The molecule has 0 aromatic carbocycles. The smallest absolute Gasteiger partial charge is 0.0662 e. The van der Waals surface area contributed by atoms with Gasteiger partial charge in [0.05, 0.1) is 17.6 Å². The van der Waals surface area contributed by atoms with Gasteiger partial charge in [0.2, 0.25) is 0 Å². The molecule has 2 rings (SSSR count). The van der Waals surface area contributed by atoms with Gasteiger partial charge in [-0.05, 0) is 48.8 Å². The van der Waals surface area contributed by atoms with Gasteiger partial charge in [-0.15, -0.1) is 0 Å². The molecule has 2 N–H and O–H groups in total. The van der Waals surface area contributed by atoms with Gasteiger partial charge in [-0.25, -0.2) is 0 Å². The summed E-state index contributed by atoms with van der Waals surface area (Å²) in [5.41, 5.74) is 10.6. The Morgan fingerprint density at radius 1 is 1.38 bits per heavy atom. The minimum absolute atomic E-state index is 0.451. The number of aryl methyl sites for hydroxylation is 1. The van der Waals surface area contributed by atoms with Crippen LogP contribution in [0, 0.1) is 12.3 Å². The van der Waals surface area contributed by atoms with Crippen LogP contribution in [-0.4, -0.2) is 4.98 Å². The first-order chi connectivity index (χ1) is 7.48. The fourth-order valence-corrected chi connectivity index (χ4v) is 2.05. The Morgan fingerprint density at radius 2 is 2.12 bits per heavy atom. The largest absolute Gasteiger partial charge is 0.397 e. The van der Waals surface area contributed by atoms with Crippen molar-refractivity contribution in [3.05, 3.63) is 29.6 Å². The molecule has 0 bridgehead atoms. The third-order valence-corrected chi connectivity index (χ3v) is 3.45. The predicted octanol–water partition coefficient (Wildman–Crippen LogP) is 3.57. The molecule has 0 aliphatic heterocycles. The van der Waals surface area contributed by atoms with E-state index in [-0.39, 0.29) is 0 Å². The second kappa shape index (κ2) is 3.93. The summed E-state index contributed by atoms with van der Waals surface area (Å²) in [5, 5.41) is 0. The summed E-state index contributed by atoms with van der Waals surface area (Å²) < 4.78 is 0. The summed E-state index contributed by atoms with van der Waals surface area (Å²) in [6, 6.07) is 2.10. The first kappa shape index (κ1) is 11.2. The van der Waals surface area contributed by atoms with Gasteiger partial charge in [-0.2, -0.15) is 0 Å². The van der Waals surface area contributed by atoms with Gasteiger partial charge in [0, 0.05) is 0 Å². The normalized spacial score (nSPS) is 19.3. The molecular weight excluding hydrogens is 196 g/mol. The summed E-state index contributed by atoms with van der Waals surface area (Å²) in [6.07, 6.45) is 7.62. The lowest BCUT2D eigenvalue weighted by Crippen LogP contribution is -2.14. The minimum atomic E-state index is 0.451. The number of nitrogens with two attached hydrogens (primary N) is 1. The minimum Gasteiger partial charge on any atom is -0.397 e. The molecule has 0 atom stereocenters. The summed E-state index contributed by atoms with van der Waals surface area (Å²) in [6.45, 7) is 6.68. The van der Waals surface area contributed by atoms with Crippen LogP contribution >= 0.6 is 0 Å².